The zero-order chi connectivity index (χ0) is 14.5. The van der Waals surface area contributed by atoms with Crippen LogP contribution < -0.4 is 5.32 Å². The molecular weight excluding hydrogens is 255 g/mol. The van der Waals surface area contributed by atoms with Crippen LogP contribution in [0.3, 0.4) is 0 Å². The summed E-state index contributed by atoms with van der Waals surface area (Å²) in [6.45, 7) is 1.93. The van der Waals surface area contributed by atoms with Crippen molar-refractivity contribution in [2.24, 2.45) is 0 Å². The Morgan fingerprint density at radius 3 is 2.35 bits per heavy atom. The summed E-state index contributed by atoms with van der Waals surface area (Å²) >= 11 is 0. The number of rotatable bonds is 3. The second-order valence-electron chi connectivity index (χ2n) is 4.61. The zero-order valence-electron chi connectivity index (χ0n) is 11.5. The molecule has 2 rings (SSSR count). The molecule has 4 heteroatoms. The number of halogens is 1. The first kappa shape index (κ1) is 14.1. The molecule has 0 heterocycles. The van der Waals surface area contributed by atoms with E-state index in [1.54, 1.807) is 24.1 Å². The van der Waals surface area contributed by atoms with E-state index in [0.29, 0.717) is 0 Å². The highest BCUT2D eigenvalue weighted by molar-refractivity contribution is 5.89. The standard InChI is InChI=1S/C16H17FN2O/c1-12(13-8-4-3-5-9-13)19(2)16(20)18-15-11-7-6-10-14(15)17/h3-12H,1-2H3,(H,18,20)/t12-/m1/s1. The Morgan fingerprint density at radius 1 is 1.10 bits per heavy atom. The third-order valence-electron chi connectivity index (χ3n) is 3.30. The quantitative estimate of drug-likeness (QED) is 0.898. The average molecular weight is 272 g/mol. The maximum Gasteiger partial charge on any atom is 0.322 e. The second kappa shape index (κ2) is 6.19. The van der Waals surface area contributed by atoms with Crippen molar-refractivity contribution in [2.45, 2.75) is 13.0 Å². The summed E-state index contributed by atoms with van der Waals surface area (Å²) in [6, 6.07) is 15.4. The minimum absolute atomic E-state index is 0.0945. The topological polar surface area (TPSA) is 32.3 Å². The van der Waals surface area contributed by atoms with E-state index in [1.807, 2.05) is 37.3 Å². The average Bonchev–Trinajstić information content (AvgIpc) is 2.49. The molecule has 0 saturated carbocycles. The molecule has 104 valence electrons. The van der Waals surface area contributed by atoms with Crippen molar-refractivity contribution < 1.29 is 9.18 Å². The van der Waals surface area contributed by atoms with E-state index >= 15 is 0 Å². The van der Waals surface area contributed by atoms with Gasteiger partial charge in [0, 0.05) is 7.05 Å². The number of carbonyl (C=O) groups is 1. The van der Waals surface area contributed by atoms with Crippen LogP contribution in [0, 0.1) is 5.82 Å². The molecule has 20 heavy (non-hydrogen) atoms. The van der Waals surface area contributed by atoms with Gasteiger partial charge in [0.2, 0.25) is 0 Å². The predicted octanol–water partition coefficient (Wildman–Crippen LogP) is 4.05. The van der Waals surface area contributed by atoms with Gasteiger partial charge in [-0.25, -0.2) is 9.18 Å². The number of nitrogens with zero attached hydrogens (tertiary/aromatic N) is 1. The number of benzene rings is 2. The van der Waals surface area contributed by atoms with E-state index in [4.69, 9.17) is 0 Å². The van der Waals surface area contributed by atoms with Crippen molar-refractivity contribution in [1.82, 2.24) is 4.90 Å². The highest BCUT2D eigenvalue weighted by atomic mass is 19.1. The predicted molar refractivity (Wildman–Crippen MR) is 78.0 cm³/mol. The Bertz CT molecular complexity index is 586. The molecule has 3 nitrogen and oxygen atoms in total. The fraction of sp³-hybridized carbons (Fsp3) is 0.188. The van der Waals surface area contributed by atoms with Crippen LogP contribution >= 0.6 is 0 Å². The number of carbonyl (C=O) groups excluding carboxylic acids is 1. The van der Waals surface area contributed by atoms with Crippen molar-refractivity contribution in [2.75, 3.05) is 12.4 Å². The molecule has 0 aliphatic rings. The van der Waals surface area contributed by atoms with Gasteiger partial charge in [-0.3, -0.25) is 0 Å². The minimum Gasteiger partial charge on any atom is -0.321 e. The molecule has 2 amide bonds. The summed E-state index contributed by atoms with van der Waals surface area (Å²) in [7, 11) is 1.69. The van der Waals surface area contributed by atoms with Crippen molar-refractivity contribution in [3.63, 3.8) is 0 Å². The molecule has 0 bridgehead atoms. The number of amides is 2. The monoisotopic (exact) mass is 272 g/mol. The van der Waals surface area contributed by atoms with E-state index < -0.39 is 5.82 Å². The molecule has 0 aromatic heterocycles. The van der Waals surface area contributed by atoms with Crippen molar-refractivity contribution in [3.05, 3.63) is 66.0 Å². The lowest BCUT2D eigenvalue weighted by Gasteiger charge is -2.25. The van der Waals surface area contributed by atoms with Crippen molar-refractivity contribution in [1.29, 1.82) is 0 Å². The molecule has 0 unspecified atom stereocenters. The molecule has 1 N–H and O–H groups in total. The number of anilines is 1. The third kappa shape index (κ3) is 3.15. The summed E-state index contributed by atoms with van der Waals surface area (Å²) in [5.74, 6) is -0.443. The fourth-order valence-electron chi connectivity index (χ4n) is 1.90. The molecule has 2 aromatic carbocycles. The number of nitrogens with one attached hydrogen (secondary N) is 1. The number of hydrogen-bond acceptors (Lipinski definition) is 1. The maximum absolute atomic E-state index is 13.5. The van der Waals surface area contributed by atoms with E-state index in [9.17, 15) is 9.18 Å². The number of urea groups is 1. The van der Waals surface area contributed by atoms with Gasteiger partial charge in [0.05, 0.1) is 11.7 Å². The van der Waals surface area contributed by atoms with E-state index in [-0.39, 0.29) is 17.8 Å². The van der Waals surface area contributed by atoms with Gasteiger partial charge in [-0.1, -0.05) is 42.5 Å². The minimum atomic E-state index is -0.443. The second-order valence-corrected chi connectivity index (χ2v) is 4.61. The molecule has 0 aliphatic heterocycles. The number of hydrogen-bond donors (Lipinski definition) is 1. The van der Waals surface area contributed by atoms with Gasteiger partial charge < -0.3 is 10.2 Å². The highest BCUT2D eigenvalue weighted by Gasteiger charge is 2.17. The van der Waals surface area contributed by atoms with Gasteiger partial charge in [-0.15, -0.1) is 0 Å². The van der Waals surface area contributed by atoms with Gasteiger partial charge >= 0.3 is 6.03 Å². The Kier molecular flexibility index (Phi) is 4.35. The van der Waals surface area contributed by atoms with Crippen LogP contribution in [0.5, 0.6) is 0 Å². The molecule has 0 spiro atoms. The first-order chi connectivity index (χ1) is 9.59. The molecule has 0 radical (unpaired) electrons. The van der Waals surface area contributed by atoms with Crippen LogP contribution in [-0.4, -0.2) is 18.0 Å². The van der Waals surface area contributed by atoms with Gasteiger partial charge in [-0.2, -0.15) is 0 Å². The highest BCUT2D eigenvalue weighted by Crippen LogP contribution is 2.20. The Labute approximate surface area is 118 Å². The first-order valence-electron chi connectivity index (χ1n) is 6.43. The van der Waals surface area contributed by atoms with Crippen LogP contribution in [-0.2, 0) is 0 Å². The van der Waals surface area contributed by atoms with Gasteiger partial charge in [0.15, 0.2) is 0 Å². The third-order valence-corrected chi connectivity index (χ3v) is 3.30. The smallest absolute Gasteiger partial charge is 0.321 e. The van der Waals surface area contributed by atoms with Crippen LogP contribution in [0.25, 0.3) is 0 Å². The Morgan fingerprint density at radius 2 is 1.70 bits per heavy atom. The molecule has 2 aromatic rings. The molecular formula is C16H17FN2O. The van der Waals surface area contributed by atoms with E-state index in [0.717, 1.165) is 5.56 Å². The van der Waals surface area contributed by atoms with Crippen LogP contribution in [0.4, 0.5) is 14.9 Å². The van der Waals surface area contributed by atoms with E-state index in [2.05, 4.69) is 5.32 Å². The van der Waals surface area contributed by atoms with Gasteiger partial charge in [0.1, 0.15) is 5.82 Å². The zero-order valence-corrected chi connectivity index (χ0v) is 11.5. The largest absolute Gasteiger partial charge is 0.322 e. The SMILES string of the molecule is C[C@H](c1ccccc1)N(C)C(=O)Nc1ccccc1F. The van der Waals surface area contributed by atoms with Crippen molar-refractivity contribution in [3.8, 4) is 0 Å². The molecule has 0 fully saturated rings. The summed E-state index contributed by atoms with van der Waals surface area (Å²) < 4.78 is 13.5. The first-order valence-corrected chi connectivity index (χ1v) is 6.43. The Balaban J connectivity index is 2.08. The van der Waals surface area contributed by atoms with Gasteiger partial charge in [0.25, 0.3) is 0 Å². The van der Waals surface area contributed by atoms with Gasteiger partial charge in [-0.05, 0) is 24.6 Å². The lowest BCUT2D eigenvalue weighted by atomic mass is 10.1. The van der Waals surface area contributed by atoms with Crippen LogP contribution in [0.15, 0.2) is 54.6 Å². The Hall–Kier alpha value is -2.36. The van der Waals surface area contributed by atoms with E-state index in [1.165, 1.54) is 12.1 Å². The lowest BCUT2D eigenvalue weighted by molar-refractivity contribution is 0.208. The number of para-hydroxylation sites is 1. The summed E-state index contributed by atoms with van der Waals surface area (Å²) in [5.41, 5.74) is 1.21. The van der Waals surface area contributed by atoms with Crippen LogP contribution in [0.1, 0.15) is 18.5 Å². The molecule has 0 aliphatic carbocycles. The summed E-state index contributed by atoms with van der Waals surface area (Å²) in [4.78, 5) is 13.7. The lowest BCUT2D eigenvalue weighted by Crippen LogP contribution is -2.33. The summed E-state index contributed by atoms with van der Waals surface area (Å²) in [6.07, 6.45) is 0. The normalized spacial score (nSPS) is 11.8. The molecule has 1 atom stereocenters. The van der Waals surface area contributed by atoms with Crippen LogP contribution in [0.2, 0.25) is 0 Å². The maximum atomic E-state index is 13.5. The van der Waals surface area contributed by atoms with Crippen molar-refractivity contribution >= 4 is 11.7 Å². The summed E-state index contributed by atoms with van der Waals surface area (Å²) in [5, 5.41) is 2.57. The molecule has 0 saturated heterocycles. The fourth-order valence-corrected chi connectivity index (χ4v) is 1.90.